The summed E-state index contributed by atoms with van der Waals surface area (Å²) in [6.07, 6.45) is 6.42. The van der Waals surface area contributed by atoms with Gasteiger partial charge in [0, 0.05) is 44.8 Å². The third-order valence-electron chi connectivity index (χ3n) is 7.14. The summed E-state index contributed by atoms with van der Waals surface area (Å²) in [6, 6.07) is 19.3. The molecule has 0 spiro atoms. The molecule has 1 amide bonds. The van der Waals surface area contributed by atoms with Crippen LogP contribution in [0.25, 0.3) is 0 Å². The van der Waals surface area contributed by atoms with Gasteiger partial charge in [0.15, 0.2) is 0 Å². The lowest BCUT2D eigenvalue weighted by Gasteiger charge is -2.32. The number of rotatable bonds is 7. The van der Waals surface area contributed by atoms with E-state index < -0.39 is 0 Å². The van der Waals surface area contributed by atoms with Crippen molar-refractivity contribution in [3.63, 3.8) is 0 Å². The van der Waals surface area contributed by atoms with E-state index in [-0.39, 0.29) is 5.91 Å². The van der Waals surface area contributed by atoms with E-state index in [0.29, 0.717) is 18.3 Å². The molecule has 0 radical (unpaired) electrons. The van der Waals surface area contributed by atoms with Crippen LogP contribution in [0, 0.1) is 5.92 Å². The van der Waals surface area contributed by atoms with E-state index in [2.05, 4.69) is 76.8 Å². The van der Waals surface area contributed by atoms with Crippen LogP contribution >= 0.6 is 0 Å². The monoisotopic (exact) mass is 419 g/mol. The Morgan fingerprint density at radius 3 is 2.26 bits per heavy atom. The van der Waals surface area contributed by atoms with Gasteiger partial charge in [-0.2, -0.15) is 0 Å². The van der Waals surface area contributed by atoms with E-state index in [4.69, 9.17) is 0 Å². The van der Waals surface area contributed by atoms with Gasteiger partial charge in [0.25, 0.3) is 0 Å². The topological polar surface area (TPSA) is 35.6 Å². The van der Waals surface area contributed by atoms with Gasteiger partial charge in [0.2, 0.25) is 5.91 Å². The van der Waals surface area contributed by atoms with E-state index >= 15 is 0 Å². The number of carbonyl (C=O) groups excluding carboxylic acids is 1. The maximum Gasteiger partial charge on any atom is 0.224 e. The predicted octanol–water partition coefficient (Wildman–Crippen LogP) is 4.78. The van der Waals surface area contributed by atoms with Crippen LogP contribution in [-0.2, 0) is 11.2 Å². The number of piperazine rings is 1. The van der Waals surface area contributed by atoms with Gasteiger partial charge in [0.05, 0.1) is 0 Å². The first-order valence-corrected chi connectivity index (χ1v) is 12.0. The van der Waals surface area contributed by atoms with Crippen LogP contribution in [0.3, 0.4) is 0 Å². The summed E-state index contributed by atoms with van der Waals surface area (Å²) in [7, 11) is 2.19. The van der Waals surface area contributed by atoms with Gasteiger partial charge in [-0.05, 0) is 74.2 Å². The lowest BCUT2D eigenvalue weighted by molar-refractivity contribution is -0.117. The highest BCUT2D eigenvalue weighted by Gasteiger charge is 2.24. The highest BCUT2D eigenvalue weighted by Crippen LogP contribution is 2.37. The molecule has 4 rings (SSSR count). The zero-order valence-corrected chi connectivity index (χ0v) is 18.9. The minimum Gasteiger partial charge on any atom is -0.326 e. The molecule has 1 N–H and O–H groups in total. The molecular weight excluding hydrogens is 382 g/mol. The molecule has 166 valence electrons. The third kappa shape index (κ3) is 6.65. The number of hydrogen-bond acceptors (Lipinski definition) is 3. The first-order chi connectivity index (χ1) is 15.2. The molecule has 0 atom stereocenters. The highest BCUT2D eigenvalue weighted by molar-refractivity contribution is 5.90. The van der Waals surface area contributed by atoms with Gasteiger partial charge < -0.3 is 15.1 Å². The van der Waals surface area contributed by atoms with Gasteiger partial charge in [-0.15, -0.1) is 0 Å². The average molecular weight is 420 g/mol. The molecule has 0 aromatic heterocycles. The summed E-state index contributed by atoms with van der Waals surface area (Å²) < 4.78 is 0. The molecule has 4 nitrogen and oxygen atoms in total. The summed E-state index contributed by atoms with van der Waals surface area (Å²) in [6.45, 7) is 5.78. The minimum absolute atomic E-state index is 0.161. The standard InChI is InChI=1S/C27H37N3O/c1-29-17-19-30(20-18-29)16-15-22-9-13-26(14-10-22)28-27(31)21-23-7-11-25(12-8-23)24-5-3-2-4-6-24/h2-6,9-10,13-14,23,25H,7-8,11-12,15-21H2,1H3,(H,28,31). The van der Waals surface area contributed by atoms with Gasteiger partial charge in [-0.1, -0.05) is 42.5 Å². The van der Waals surface area contributed by atoms with Gasteiger partial charge in [-0.25, -0.2) is 0 Å². The van der Waals surface area contributed by atoms with E-state index in [1.165, 1.54) is 37.1 Å². The fourth-order valence-corrected chi connectivity index (χ4v) is 5.01. The van der Waals surface area contributed by atoms with E-state index in [9.17, 15) is 4.79 Å². The number of anilines is 1. The number of hydrogen-bond donors (Lipinski definition) is 1. The molecule has 0 bridgehead atoms. The molecular formula is C27H37N3O. The van der Waals surface area contributed by atoms with Crippen LogP contribution in [-0.4, -0.2) is 55.5 Å². The van der Waals surface area contributed by atoms with E-state index in [1.807, 2.05) is 0 Å². The van der Waals surface area contributed by atoms with E-state index in [0.717, 1.165) is 44.6 Å². The van der Waals surface area contributed by atoms with Crippen molar-refractivity contribution < 1.29 is 4.79 Å². The maximum absolute atomic E-state index is 12.6. The van der Waals surface area contributed by atoms with Crippen LogP contribution in [0.5, 0.6) is 0 Å². The predicted molar refractivity (Wildman–Crippen MR) is 128 cm³/mol. The molecule has 1 heterocycles. The number of carbonyl (C=O) groups is 1. The van der Waals surface area contributed by atoms with Crippen LogP contribution in [0.15, 0.2) is 54.6 Å². The summed E-state index contributed by atoms with van der Waals surface area (Å²) in [5, 5.41) is 3.11. The smallest absolute Gasteiger partial charge is 0.224 e. The lowest BCUT2D eigenvalue weighted by Crippen LogP contribution is -2.45. The van der Waals surface area contributed by atoms with Gasteiger partial charge >= 0.3 is 0 Å². The fourth-order valence-electron chi connectivity index (χ4n) is 5.01. The number of nitrogens with zero attached hydrogens (tertiary/aromatic N) is 2. The first kappa shape index (κ1) is 22.0. The molecule has 4 heteroatoms. The Bertz CT molecular complexity index is 804. The quantitative estimate of drug-likeness (QED) is 0.702. The van der Waals surface area contributed by atoms with Crippen molar-refractivity contribution in [1.29, 1.82) is 0 Å². The SMILES string of the molecule is CN1CCN(CCc2ccc(NC(=O)CC3CCC(c4ccccc4)CC3)cc2)CC1. The molecule has 1 saturated heterocycles. The maximum atomic E-state index is 12.6. The summed E-state index contributed by atoms with van der Waals surface area (Å²) in [5.74, 6) is 1.34. The molecule has 1 aliphatic carbocycles. The third-order valence-corrected chi connectivity index (χ3v) is 7.14. The largest absolute Gasteiger partial charge is 0.326 e. The Morgan fingerprint density at radius 1 is 0.903 bits per heavy atom. The number of nitrogens with one attached hydrogen (secondary N) is 1. The molecule has 1 aliphatic heterocycles. The molecule has 2 fully saturated rings. The zero-order chi connectivity index (χ0) is 21.5. The van der Waals surface area contributed by atoms with Crippen LogP contribution in [0.1, 0.15) is 49.1 Å². The van der Waals surface area contributed by atoms with Crippen molar-refractivity contribution in [2.75, 3.05) is 45.1 Å². The molecule has 31 heavy (non-hydrogen) atoms. The van der Waals surface area contributed by atoms with Crippen molar-refractivity contribution in [1.82, 2.24) is 9.80 Å². The minimum atomic E-state index is 0.161. The average Bonchev–Trinajstić information content (AvgIpc) is 2.81. The van der Waals surface area contributed by atoms with Gasteiger partial charge in [-0.3, -0.25) is 4.79 Å². The Kier molecular flexibility index (Phi) is 7.76. The van der Waals surface area contributed by atoms with Crippen LogP contribution in [0.2, 0.25) is 0 Å². The normalized spacial score (nSPS) is 22.9. The number of likely N-dealkylation sites (N-methyl/N-ethyl adjacent to an activating group) is 1. The molecule has 2 aliphatic rings. The fraction of sp³-hybridized carbons (Fsp3) is 0.519. The molecule has 1 saturated carbocycles. The molecule has 2 aromatic rings. The number of amides is 1. The second-order valence-electron chi connectivity index (χ2n) is 9.47. The number of benzene rings is 2. The van der Waals surface area contributed by atoms with Crippen molar-refractivity contribution in [3.8, 4) is 0 Å². The Labute approximate surface area is 187 Å². The first-order valence-electron chi connectivity index (χ1n) is 12.0. The summed E-state index contributed by atoms with van der Waals surface area (Å²) in [4.78, 5) is 17.5. The van der Waals surface area contributed by atoms with Crippen molar-refractivity contribution in [2.24, 2.45) is 5.92 Å². The summed E-state index contributed by atoms with van der Waals surface area (Å²) >= 11 is 0. The second kappa shape index (κ2) is 10.9. The molecule has 0 unspecified atom stereocenters. The van der Waals surface area contributed by atoms with Crippen LogP contribution < -0.4 is 5.32 Å². The van der Waals surface area contributed by atoms with E-state index in [1.54, 1.807) is 0 Å². The Hall–Kier alpha value is -2.17. The molecule has 2 aromatic carbocycles. The Balaban J connectivity index is 1.17. The van der Waals surface area contributed by atoms with Crippen LogP contribution in [0.4, 0.5) is 5.69 Å². The van der Waals surface area contributed by atoms with Crippen molar-refractivity contribution in [2.45, 2.75) is 44.4 Å². The zero-order valence-electron chi connectivity index (χ0n) is 18.9. The van der Waals surface area contributed by atoms with Crippen molar-refractivity contribution >= 4 is 11.6 Å². The summed E-state index contributed by atoms with van der Waals surface area (Å²) in [5.41, 5.74) is 3.72. The highest BCUT2D eigenvalue weighted by atomic mass is 16.1. The second-order valence-corrected chi connectivity index (χ2v) is 9.47. The Morgan fingerprint density at radius 2 is 1.58 bits per heavy atom. The lowest BCUT2D eigenvalue weighted by atomic mass is 9.77. The van der Waals surface area contributed by atoms with Gasteiger partial charge in [0.1, 0.15) is 0 Å². The van der Waals surface area contributed by atoms with Crippen molar-refractivity contribution in [3.05, 3.63) is 65.7 Å².